The highest BCUT2D eigenvalue weighted by Crippen LogP contribution is 2.30. The van der Waals surface area contributed by atoms with E-state index < -0.39 is 12.6 Å². The second kappa shape index (κ2) is 6.74. The lowest BCUT2D eigenvalue weighted by atomic mass is 10.1. The summed E-state index contributed by atoms with van der Waals surface area (Å²) >= 11 is 1.84. The molecule has 0 aromatic rings. The maximum absolute atomic E-state index is 11.9. The highest BCUT2D eigenvalue weighted by molar-refractivity contribution is 7.99. The summed E-state index contributed by atoms with van der Waals surface area (Å²) in [6, 6.07) is -0.0760. The van der Waals surface area contributed by atoms with Gasteiger partial charge in [0.2, 0.25) is 0 Å². The molecule has 1 atom stereocenters. The Bertz CT molecular complexity index is 190. The van der Waals surface area contributed by atoms with Crippen LogP contribution in [0.4, 0.5) is 13.2 Å². The minimum absolute atomic E-state index is 0.0760. The van der Waals surface area contributed by atoms with Crippen LogP contribution in [0.1, 0.15) is 44.9 Å². The Kier molecular flexibility index (Phi) is 5.97. The number of hydrogen-bond acceptors (Lipinski definition) is 2. The van der Waals surface area contributed by atoms with Crippen molar-refractivity contribution in [2.75, 3.05) is 5.75 Å². The van der Waals surface area contributed by atoms with Gasteiger partial charge in [0.1, 0.15) is 0 Å². The van der Waals surface area contributed by atoms with E-state index in [9.17, 15) is 13.2 Å². The van der Waals surface area contributed by atoms with Crippen molar-refractivity contribution in [1.29, 1.82) is 0 Å². The minimum atomic E-state index is -4.03. The molecule has 0 saturated heterocycles. The highest BCUT2D eigenvalue weighted by atomic mass is 32.2. The Morgan fingerprint density at radius 3 is 2.44 bits per heavy atom. The van der Waals surface area contributed by atoms with Gasteiger partial charge < -0.3 is 5.73 Å². The van der Waals surface area contributed by atoms with E-state index in [0.717, 1.165) is 5.75 Å². The van der Waals surface area contributed by atoms with E-state index in [-0.39, 0.29) is 12.5 Å². The van der Waals surface area contributed by atoms with Crippen LogP contribution in [0.25, 0.3) is 0 Å². The third-order valence-corrected chi connectivity index (χ3v) is 4.45. The average Bonchev–Trinajstić information content (AvgIpc) is 2.65. The van der Waals surface area contributed by atoms with E-state index in [2.05, 4.69) is 0 Å². The van der Waals surface area contributed by atoms with Crippen LogP contribution in [0, 0.1) is 0 Å². The van der Waals surface area contributed by atoms with E-state index in [0.29, 0.717) is 11.7 Å². The third kappa shape index (κ3) is 6.63. The van der Waals surface area contributed by atoms with E-state index in [4.69, 9.17) is 5.73 Å². The maximum Gasteiger partial charge on any atom is 0.389 e. The van der Waals surface area contributed by atoms with Gasteiger partial charge >= 0.3 is 6.18 Å². The molecule has 16 heavy (non-hydrogen) atoms. The van der Waals surface area contributed by atoms with Crippen molar-refractivity contribution in [2.45, 2.75) is 62.4 Å². The lowest BCUT2D eigenvalue weighted by Crippen LogP contribution is -2.24. The van der Waals surface area contributed by atoms with Crippen molar-refractivity contribution in [3.05, 3.63) is 0 Å². The third-order valence-electron chi connectivity index (χ3n) is 2.88. The maximum atomic E-state index is 11.9. The number of rotatable bonds is 6. The fourth-order valence-electron chi connectivity index (χ4n) is 1.96. The van der Waals surface area contributed by atoms with Crippen LogP contribution >= 0.6 is 11.8 Å². The Hall–Kier alpha value is 0.100. The van der Waals surface area contributed by atoms with Gasteiger partial charge in [-0.2, -0.15) is 24.9 Å². The molecule has 0 aromatic carbocycles. The summed E-state index contributed by atoms with van der Waals surface area (Å²) < 4.78 is 35.7. The van der Waals surface area contributed by atoms with E-state index >= 15 is 0 Å². The second-order valence-electron chi connectivity index (χ2n) is 4.51. The smallest absolute Gasteiger partial charge is 0.327 e. The van der Waals surface area contributed by atoms with Gasteiger partial charge in [0.25, 0.3) is 0 Å². The van der Waals surface area contributed by atoms with Gasteiger partial charge in [-0.25, -0.2) is 0 Å². The topological polar surface area (TPSA) is 26.0 Å². The van der Waals surface area contributed by atoms with E-state index in [1.165, 1.54) is 25.7 Å². The summed E-state index contributed by atoms with van der Waals surface area (Å²) in [5.74, 6) is 0.808. The summed E-state index contributed by atoms with van der Waals surface area (Å²) in [4.78, 5) is 0. The number of hydrogen-bond donors (Lipinski definition) is 1. The predicted molar refractivity (Wildman–Crippen MR) is 62.6 cm³/mol. The van der Waals surface area contributed by atoms with Crippen molar-refractivity contribution in [2.24, 2.45) is 5.73 Å². The molecule has 0 aromatic heterocycles. The zero-order valence-electron chi connectivity index (χ0n) is 9.43. The first kappa shape index (κ1) is 14.2. The first-order valence-corrected chi connectivity index (χ1v) is 6.96. The molecule has 1 aliphatic carbocycles. The molecule has 1 aliphatic rings. The molecule has 0 bridgehead atoms. The molecule has 1 nitrogen and oxygen atoms in total. The number of halogens is 3. The standard InChI is InChI=1S/C11H20F3NS/c12-11(13,14)7-3-4-9(15)8-16-10-5-1-2-6-10/h9-10H,1-8,15H2. The Morgan fingerprint density at radius 1 is 1.25 bits per heavy atom. The van der Waals surface area contributed by atoms with Crippen molar-refractivity contribution >= 4 is 11.8 Å². The Labute approximate surface area is 99.3 Å². The number of nitrogens with two attached hydrogens (primary N) is 1. The molecular weight excluding hydrogens is 235 g/mol. The zero-order valence-corrected chi connectivity index (χ0v) is 10.2. The molecule has 2 N–H and O–H groups in total. The Balaban J connectivity index is 2.00. The fraction of sp³-hybridized carbons (Fsp3) is 1.00. The normalized spacial score (nSPS) is 20.2. The molecule has 1 saturated carbocycles. The van der Waals surface area contributed by atoms with Crippen LogP contribution < -0.4 is 5.73 Å². The van der Waals surface area contributed by atoms with Crippen molar-refractivity contribution in [3.8, 4) is 0 Å². The van der Waals surface area contributed by atoms with Gasteiger partial charge in [-0.1, -0.05) is 12.8 Å². The van der Waals surface area contributed by atoms with Crippen LogP contribution in [-0.2, 0) is 0 Å². The molecule has 0 heterocycles. The van der Waals surface area contributed by atoms with Gasteiger partial charge in [0.15, 0.2) is 0 Å². The minimum Gasteiger partial charge on any atom is -0.327 e. The molecule has 0 aliphatic heterocycles. The van der Waals surface area contributed by atoms with Gasteiger partial charge in [0, 0.05) is 23.5 Å². The van der Waals surface area contributed by atoms with Crippen molar-refractivity contribution in [1.82, 2.24) is 0 Å². The van der Waals surface area contributed by atoms with Crippen LogP contribution in [0.15, 0.2) is 0 Å². The summed E-state index contributed by atoms with van der Waals surface area (Å²) in [6.45, 7) is 0. The summed E-state index contributed by atoms with van der Waals surface area (Å²) in [5, 5.41) is 0.702. The average molecular weight is 255 g/mol. The van der Waals surface area contributed by atoms with Crippen LogP contribution in [0.3, 0.4) is 0 Å². The SMILES string of the molecule is NC(CCCC(F)(F)F)CSC1CCCC1. The van der Waals surface area contributed by atoms with Gasteiger partial charge in [-0.15, -0.1) is 0 Å². The molecule has 0 radical (unpaired) electrons. The van der Waals surface area contributed by atoms with E-state index in [1.807, 2.05) is 11.8 Å². The van der Waals surface area contributed by atoms with Crippen molar-refractivity contribution in [3.63, 3.8) is 0 Å². The van der Waals surface area contributed by atoms with Gasteiger partial charge in [-0.3, -0.25) is 0 Å². The van der Waals surface area contributed by atoms with Crippen LogP contribution in [0.2, 0.25) is 0 Å². The van der Waals surface area contributed by atoms with Crippen LogP contribution in [0.5, 0.6) is 0 Å². The molecular formula is C11H20F3NS. The summed E-state index contributed by atoms with van der Waals surface area (Å²) in [5.41, 5.74) is 5.79. The first-order valence-electron chi connectivity index (χ1n) is 5.91. The lowest BCUT2D eigenvalue weighted by molar-refractivity contribution is -0.135. The molecule has 96 valence electrons. The monoisotopic (exact) mass is 255 g/mol. The molecule has 0 amide bonds. The molecule has 1 fully saturated rings. The highest BCUT2D eigenvalue weighted by Gasteiger charge is 2.26. The number of thioether (sulfide) groups is 1. The Morgan fingerprint density at radius 2 is 1.88 bits per heavy atom. The van der Waals surface area contributed by atoms with Gasteiger partial charge in [-0.05, 0) is 25.7 Å². The summed E-state index contributed by atoms with van der Waals surface area (Å²) in [7, 11) is 0. The molecule has 0 spiro atoms. The fourth-order valence-corrected chi connectivity index (χ4v) is 3.32. The largest absolute Gasteiger partial charge is 0.389 e. The first-order chi connectivity index (χ1) is 7.47. The molecule has 5 heteroatoms. The summed E-state index contributed by atoms with van der Waals surface area (Å²) in [6.07, 6.45) is 1.00. The van der Waals surface area contributed by atoms with Crippen LogP contribution in [-0.4, -0.2) is 23.2 Å². The predicted octanol–water partition coefficient (Wildman–Crippen LogP) is 3.72. The van der Waals surface area contributed by atoms with Crippen molar-refractivity contribution < 1.29 is 13.2 Å². The number of alkyl halides is 3. The molecule has 1 unspecified atom stereocenters. The zero-order chi connectivity index (χ0) is 12.0. The second-order valence-corrected chi connectivity index (χ2v) is 5.84. The quantitative estimate of drug-likeness (QED) is 0.782. The van der Waals surface area contributed by atoms with Gasteiger partial charge in [0.05, 0.1) is 0 Å². The lowest BCUT2D eigenvalue weighted by Gasteiger charge is -2.14. The van der Waals surface area contributed by atoms with E-state index in [1.54, 1.807) is 0 Å². The molecule has 1 rings (SSSR count).